The van der Waals surface area contributed by atoms with E-state index in [4.69, 9.17) is 5.73 Å². The van der Waals surface area contributed by atoms with Crippen LogP contribution in [0.4, 0.5) is 0 Å². The maximum Gasteiger partial charge on any atom is 0.238 e. The molecule has 70 valence electrons. The van der Waals surface area contributed by atoms with Gasteiger partial charge in [0.05, 0.1) is 0 Å². The average molecular weight is 188 g/mol. The molecule has 4 heteroatoms. The smallest absolute Gasteiger partial charge is 0.238 e. The van der Waals surface area contributed by atoms with Crippen LogP contribution in [0.25, 0.3) is 0 Å². The molecule has 0 saturated carbocycles. The minimum atomic E-state index is -0.445. The second-order valence-corrected chi connectivity index (χ2v) is 4.58. The van der Waals surface area contributed by atoms with Crippen LogP contribution in [0, 0.1) is 0 Å². The van der Waals surface area contributed by atoms with Crippen LogP contribution in [0.3, 0.4) is 0 Å². The monoisotopic (exact) mass is 188 g/mol. The summed E-state index contributed by atoms with van der Waals surface area (Å²) in [6.45, 7) is 4.86. The van der Waals surface area contributed by atoms with Gasteiger partial charge in [-0.1, -0.05) is 13.8 Å². The summed E-state index contributed by atoms with van der Waals surface area (Å²) in [6, 6.07) is 0. The lowest BCUT2D eigenvalue weighted by Gasteiger charge is -2.30. The number of hydrogen-bond acceptors (Lipinski definition) is 3. The largest absolute Gasteiger partial charge is 0.368 e. The maximum atomic E-state index is 11.3. The van der Waals surface area contributed by atoms with E-state index in [1.807, 2.05) is 18.7 Å². The third-order valence-corrected chi connectivity index (χ3v) is 3.83. The lowest BCUT2D eigenvalue weighted by atomic mass is 9.92. The van der Waals surface area contributed by atoms with Gasteiger partial charge in [0.15, 0.2) is 0 Å². The van der Waals surface area contributed by atoms with Crippen LogP contribution >= 0.6 is 11.8 Å². The Morgan fingerprint density at radius 1 is 1.83 bits per heavy atom. The molecule has 0 aromatic rings. The van der Waals surface area contributed by atoms with E-state index in [1.165, 1.54) is 0 Å². The zero-order valence-electron chi connectivity index (χ0n) is 7.59. The zero-order valence-corrected chi connectivity index (χ0v) is 8.41. The highest BCUT2D eigenvalue weighted by Gasteiger charge is 2.45. The zero-order chi connectivity index (χ0) is 9.19. The van der Waals surface area contributed by atoms with E-state index in [0.29, 0.717) is 5.25 Å². The van der Waals surface area contributed by atoms with E-state index >= 15 is 0 Å². The lowest BCUT2D eigenvalue weighted by Crippen LogP contribution is -2.58. The van der Waals surface area contributed by atoms with Crippen molar-refractivity contribution in [2.45, 2.75) is 31.1 Å². The van der Waals surface area contributed by atoms with Crippen LogP contribution in [-0.2, 0) is 4.79 Å². The van der Waals surface area contributed by atoms with Gasteiger partial charge in [0.25, 0.3) is 0 Å². The first-order valence-corrected chi connectivity index (χ1v) is 5.35. The van der Waals surface area contributed by atoms with Gasteiger partial charge in [0.1, 0.15) is 5.54 Å². The van der Waals surface area contributed by atoms with E-state index in [1.54, 1.807) is 0 Å². The number of carbonyl (C=O) groups is 1. The molecule has 0 aliphatic carbocycles. The molecule has 1 fully saturated rings. The summed E-state index contributed by atoms with van der Waals surface area (Å²) in [7, 11) is 0. The van der Waals surface area contributed by atoms with Crippen molar-refractivity contribution in [2.24, 2.45) is 5.73 Å². The molecule has 3 N–H and O–H groups in total. The van der Waals surface area contributed by atoms with E-state index in [-0.39, 0.29) is 5.91 Å². The Bertz CT molecular complexity index is 186. The molecule has 1 aliphatic rings. The molecule has 3 nitrogen and oxygen atoms in total. The highest BCUT2D eigenvalue weighted by atomic mass is 32.2. The van der Waals surface area contributed by atoms with Gasteiger partial charge in [0, 0.05) is 5.25 Å². The molecule has 1 saturated heterocycles. The summed E-state index contributed by atoms with van der Waals surface area (Å²) < 4.78 is 0. The summed E-state index contributed by atoms with van der Waals surface area (Å²) in [4.78, 5) is 11.3. The van der Waals surface area contributed by atoms with Crippen molar-refractivity contribution in [3.63, 3.8) is 0 Å². The van der Waals surface area contributed by atoms with Crippen LogP contribution in [0.5, 0.6) is 0 Å². The van der Waals surface area contributed by atoms with E-state index in [2.05, 4.69) is 12.2 Å². The van der Waals surface area contributed by atoms with Crippen LogP contribution in [0.1, 0.15) is 20.3 Å². The Morgan fingerprint density at radius 3 is 2.83 bits per heavy atom. The van der Waals surface area contributed by atoms with Crippen molar-refractivity contribution in [2.75, 3.05) is 12.3 Å². The average Bonchev–Trinajstić information content (AvgIpc) is 2.34. The predicted octanol–water partition coefficient (Wildman–Crippen LogP) is 0.345. The van der Waals surface area contributed by atoms with E-state index in [0.717, 1.165) is 18.7 Å². The van der Waals surface area contributed by atoms with Gasteiger partial charge in [-0.25, -0.2) is 0 Å². The topological polar surface area (TPSA) is 55.1 Å². The van der Waals surface area contributed by atoms with Gasteiger partial charge >= 0.3 is 0 Å². The molecular weight excluding hydrogens is 172 g/mol. The van der Waals surface area contributed by atoms with Gasteiger partial charge < -0.3 is 11.1 Å². The Morgan fingerprint density at radius 2 is 2.50 bits per heavy atom. The molecule has 0 bridgehead atoms. The van der Waals surface area contributed by atoms with Crippen molar-refractivity contribution in [1.82, 2.24) is 5.32 Å². The fraction of sp³-hybridized carbons (Fsp3) is 0.875. The summed E-state index contributed by atoms with van der Waals surface area (Å²) in [5.41, 5.74) is 4.95. The summed E-state index contributed by atoms with van der Waals surface area (Å²) in [6.07, 6.45) is 0.863. The summed E-state index contributed by atoms with van der Waals surface area (Å²) in [5.74, 6) is 0.818. The number of primary amides is 1. The van der Waals surface area contributed by atoms with E-state index in [9.17, 15) is 4.79 Å². The number of thioether (sulfide) groups is 1. The number of carbonyl (C=O) groups excluding carboxylic acids is 1. The molecule has 1 amide bonds. The molecule has 2 unspecified atom stereocenters. The standard InChI is InChI=1S/C8H16N2OS/c1-3-10-8(7(9)11)4-5-12-6(8)2/h6,10H,3-5H2,1-2H3,(H2,9,11). The van der Waals surface area contributed by atoms with Crippen molar-refractivity contribution < 1.29 is 4.79 Å². The second kappa shape index (κ2) is 3.66. The lowest BCUT2D eigenvalue weighted by molar-refractivity contribution is -0.124. The first kappa shape index (κ1) is 9.86. The first-order valence-electron chi connectivity index (χ1n) is 4.30. The van der Waals surface area contributed by atoms with E-state index < -0.39 is 5.54 Å². The molecule has 12 heavy (non-hydrogen) atoms. The minimum Gasteiger partial charge on any atom is -0.368 e. The fourth-order valence-corrected chi connectivity index (χ4v) is 3.10. The Kier molecular flexibility index (Phi) is 3.01. The molecule has 0 spiro atoms. The molecule has 1 heterocycles. The number of likely N-dealkylation sites (N-methyl/N-ethyl adjacent to an activating group) is 1. The van der Waals surface area contributed by atoms with Gasteiger partial charge in [-0.15, -0.1) is 0 Å². The molecule has 0 radical (unpaired) electrons. The first-order chi connectivity index (χ1) is 5.63. The molecular formula is C8H16N2OS. The Hall–Kier alpha value is -0.220. The Labute approximate surface area is 77.5 Å². The normalized spacial score (nSPS) is 35.3. The number of nitrogens with one attached hydrogen (secondary N) is 1. The Balaban J connectivity index is 2.77. The SMILES string of the molecule is CCNC1(C(N)=O)CCSC1C. The van der Waals surface area contributed by atoms with Gasteiger partial charge in [0.2, 0.25) is 5.91 Å². The van der Waals surface area contributed by atoms with Crippen LogP contribution in [0.2, 0.25) is 0 Å². The van der Waals surface area contributed by atoms with Crippen LogP contribution in [-0.4, -0.2) is 29.0 Å². The molecule has 0 aromatic carbocycles. The van der Waals surface area contributed by atoms with Crippen molar-refractivity contribution in [1.29, 1.82) is 0 Å². The van der Waals surface area contributed by atoms with Crippen LogP contribution < -0.4 is 11.1 Å². The van der Waals surface area contributed by atoms with Crippen molar-refractivity contribution >= 4 is 17.7 Å². The molecule has 1 rings (SSSR count). The van der Waals surface area contributed by atoms with Crippen molar-refractivity contribution in [3.05, 3.63) is 0 Å². The summed E-state index contributed by atoms with van der Waals surface area (Å²) in [5, 5.41) is 3.51. The number of hydrogen-bond donors (Lipinski definition) is 2. The minimum absolute atomic E-state index is 0.207. The quantitative estimate of drug-likeness (QED) is 0.672. The molecule has 2 atom stereocenters. The molecule has 0 aromatic heterocycles. The summed E-state index contributed by atoms with van der Waals surface area (Å²) >= 11 is 1.81. The van der Waals surface area contributed by atoms with Crippen molar-refractivity contribution in [3.8, 4) is 0 Å². The highest BCUT2D eigenvalue weighted by Crippen LogP contribution is 2.35. The van der Waals surface area contributed by atoms with Gasteiger partial charge in [-0.05, 0) is 18.7 Å². The second-order valence-electron chi connectivity index (χ2n) is 3.13. The number of amides is 1. The maximum absolute atomic E-state index is 11.3. The van der Waals surface area contributed by atoms with Crippen LogP contribution in [0.15, 0.2) is 0 Å². The number of rotatable bonds is 3. The predicted molar refractivity (Wildman–Crippen MR) is 52.1 cm³/mol. The fourth-order valence-electron chi connectivity index (χ4n) is 1.70. The highest BCUT2D eigenvalue weighted by molar-refractivity contribution is 8.00. The molecule has 1 aliphatic heterocycles. The van der Waals surface area contributed by atoms with Gasteiger partial charge in [-0.3, -0.25) is 4.79 Å². The van der Waals surface area contributed by atoms with Gasteiger partial charge in [-0.2, -0.15) is 11.8 Å². The number of nitrogens with two attached hydrogens (primary N) is 1. The third-order valence-electron chi connectivity index (χ3n) is 2.49. The third kappa shape index (κ3) is 1.45.